The maximum atomic E-state index is 13.9. The van der Waals surface area contributed by atoms with Gasteiger partial charge >= 0.3 is 6.55 Å². The number of aliphatic imine (C=N–C) groups is 1. The molecule has 202 valence electrons. The third-order valence-corrected chi connectivity index (χ3v) is 8.91. The first-order valence-corrected chi connectivity index (χ1v) is 14.2. The third-order valence-electron chi connectivity index (χ3n) is 6.33. The molecule has 0 saturated carbocycles. The van der Waals surface area contributed by atoms with E-state index in [1.807, 2.05) is 4.90 Å². The number of sulfonamides is 1. The Morgan fingerprint density at radius 3 is 2.77 bits per heavy atom. The molecule has 39 heavy (non-hydrogen) atoms. The van der Waals surface area contributed by atoms with E-state index in [2.05, 4.69) is 25.0 Å². The highest BCUT2D eigenvalue weighted by Gasteiger charge is 2.42. The molecular weight excluding hydrogens is 577 g/mol. The summed E-state index contributed by atoms with van der Waals surface area (Å²) in [4.78, 5) is 11.1. The van der Waals surface area contributed by atoms with Crippen LogP contribution in [0.15, 0.2) is 70.0 Å². The Bertz CT molecular complexity index is 1690. The van der Waals surface area contributed by atoms with E-state index in [0.29, 0.717) is 32.4 Å². The fraction of sp³-hybridized carbons (Fsp3) is 0.217. The molecule has 10 nitrogen and oxygen atoms in total. The van der Waals surface area contributed by atoms with Crippen LogP contribution in [-0.2, 0) is 10.0 Å². The van der Waals surface area contributed by atoms with Gasteiger partial charge < -0.3 is 4.90 Å². The van der Waals surface area contributed by atoms with Gasteiger partial charge in [0.05, 0.1) is 11.9 Å². The Kier molecular flexibility index (Phi) is 6.53. The van der Waals surface area contributed by atoms with E-state index in [1.54, 1.807) is 11.6 Å². The van der Waals surface area contributed by atoms with Gasteiger partial charge in [-0.1, -0.05) is 17.7 Å². The molecule has 0 bridgehead atoms. The highest BCUT2D eigenvalue weighted by atomic mass is 35.5. The maximum absolute atomic E-state index is 13.9. The Balaban J connectivity index is 1.51. The summed E-state index contributed by atoms with van der Waals surface area (Å²) in [5, 5.41) is 12.7. The Morgan fingerprint density at radius 1 is 1.26 bits per heavy atom. The molecule has 2 aliphatic heterocycles. The van der Waals surface area contributed by atoms with Crippen molar-refractivity contribution in [3.05, 3.63) is 87.2 Å². The second-order valence-electron chi connectivity index (χ2n) is 8.74. The van der Waals surface area contributed by atoms with Crippen LogP contribution < -0.4 is 4.72 Å². The van der Waals surface area contributed by atoms with Crippen LogP contribution in [0.1, 0.15) is 35.3 Å². The minimum absolute atomic E-state index is 0.0259. The van der Waals surface area contributed by atoms with E-state index in [9.17, 15) is 21.6 Å². The predicted octanol–water partition coefficient (Wildman–Crippen LogP) is 4.22. The van der Waals surface area contributed by atoms with Gasteiger partial charge in [-0.2, -0.15) is 19.0 Å². The number of amidine groups is 1. The van der Waals surface area contributed by atoms with E-state index in [-0.39, 0.29) is 28.6 Å². The van der Waals surface area contributed by atoms with Crippen LogP contribution in [0, 0.1) is 5.82 Å². The van der Waals surface area contributed by atoms with Crippen molar-refractivity contribution in [2.24, 2.45) is 4.99 Å². The predicted molar refractivity (Wildman–Crippen MR) is 137 cm³/mol. The molecule has 2 aliphatic rings. The standard InChI is InChI=1S/C23H18ClF3N8O2S2/c24-16-7-12(25)1-2-15(16)20-19(17-3-5-35(32-17)23(26)27)18-8-13(33-39(36,37)14-9-29-30-10-14)11-34(18)21(31-20)22-28-4-6-38-22/h1-7,9-10,13,20,23,33H,8,11H2,(H,29,30)/t13-,20-/m0/s1. The highest BCUT2D eigenvalue weighted by Crippen LogP contribution is 2.46. The monoisotopic (exact) mass is 594 g/mol. The molecule has 1 fully saturated rings. The normalized spacial score (nSPS) is 19.6. The molecular formula is C23H18ClF3N8O2S2. The van der Waals surface area contributed by atoms with E-state index >= 15 is 0 Å². The summed E-state index contributed by atoms with van der Waals surface area (Å²) < 4.78 is 70.0. The number of hydrogen-bond donors (Lipinski definition) is 2. The quantitative estimate of drug-likeness (QED) is 0.331. The summed E-state index contributed by atoms with van der Waals surface area (Å²) in [6, 6.07) is 3.85. The zero-order valence-electron chi connectivity index (χ0n) is 19.7. The average Bonchev–Trinajstić information content (AvgIpc) is 3.70. The number of nitrogens with zero attached hydrogens (tertiary/aromatic N) is 6. The Hall–Kier alpha value is -3.53. The molecule has 1 aromatic carbocycles. The smallest absolute Gasteiger partial charge is 0.326 e. The largest absolute Gasteiger partial charge is 0.333 e. The molecule has 5 heterocycles. The number of alkyl halides is 2. The molecule has 0 unspecified atom stereocenters. The lowest BCUT2D eigenvalue weighted by molar-refractivity contribution is 0.0564. The molecule has 0 radical (unpaired) electrons. The lowest BCUT2D eigenvalue weighted by Crippen LogP contribution is -2.39. The van der Waals surface area contributed by atoms with Crippen LogP contribution >= 0.6 is 22.9 Å². The Morgan fingerprint density at radius 2 is 2.10 bits per heavy atom. The zero-order valence-corrected chi connectivity index (χ0v) is 22.1. The van der Waals surface area contributed by atoms with Crippen molar-refractivity contribution >= 4 is 44.4 Å². The van der Waals surface area contributed by atoms with Crippen LogP contribution in [0.5, 0.6) is 0 Å². The number of thiazole rings is 1. The average molecular weight is 595 g/mol. The number of rotatable bonds is 7. The third kappa shape index (κ3) is 4.75. The van der Waals surface area contributed by atoms with Crippen molar-refractivity contribution in [3.8, 4) is 0 Å². The summed E-state index contributed by atoms with van der Waals surface area (Å²) in [5.41, 5.74) is 1.71. The van der Waals surface area contributed by atoms with Crippen molar-refractivity contribution in [3.63, 3.8) is 0 Å². The first-order chi connectivity index (χ1) is 18.7. The first kappa shape index (κ1) is 25.7. The SMILES string of the molecule is O=S(=O)(N[C@H]1CC2=C(c3ccn(C(F)F)n3)[C@H](c3ccc(F)cc3Cl)N=C(c3nccs3)N2C1)c1cn[nH]c1. The minimum Gasteiger partial charge on any atom is -0.326 e. The number of benzene rings is 1. The molecule has 2 N–H and O–H groups in total. The van der Waals surface area contributed by atoms with E-state index in [0.717, 1.165) is 12.3 Å². The molecule has 4 aromatic rings. The molecule has 2 atom stereocenters. The van der Waals surface area contributed by atoms with Crippen molar-refractivity contribution in [2.45, 2.75) is 29.9 Å². The van der Waals surface area contributed by atoms with E-state index in [1.165, 1.54) is 41.9 Å². The topological polar surface area (TPSA) is 121 Å². The van der Waals surface area contributed by atoms with Crippen LogP contribution in [-0.4, -0.2) is 56.7 Å². The second-order valence-corrected chi connectivity index (χ2v) is 11.8. The van der Waals surface area contributed by atoms with E-state index in [4.69, 9.17) is 16.6 Å². The number of nitrogens with one attached hydrogen (secondary N) is 2. The number of hydrogen-bond acceptors (Lipinski definition) is 8. The number of fused-ring (bicyclic) bond motifs is 1. The van der Waals surface area contributed by atoms with Gasteiger partial charge in [0.1, 0.15) is 16.8 Å². The summed E-state index contributed by atoms with van der Waals surface area (Å²) in [6.45, 7) is -2.68. The first-order valence-electron chi connectivity index (χ1n) is 11.5. The fourth-order valence-electron chi connectivity index (χ4n) is 4.71. The van der Waals surface area contributed by atoms with Gasteiger partial charge in [-0.3, -0.25) is 10.1 Å². The zero-order chi connectivity index (χ0) is 27.3. The summed E-state index contributed by atoms with van der Waals surface area (Å²) in [7, 11) is -3.91. The van der Waals surface area contributed by atoms with Crippen molar-refractivity contribution in [2.75, 3.05) is 6.54 Å². The van der Waals surface area contributed by atoms with Gasteiger partial charge in [0.2, 0.25) is 10.0 Å². The van der Waals surface area contributed by atoms with E-state index < -0.39 is 34.5 Å². The summed E-state index contributed by atoms with van der Waals surface area (Å²) >= 11 is 7.79. The van der Waals surface area contributed by atoms with Gasteiger partial charge in [0, 0.05) is 64.8 Å². The molecule has 16 heteroatoms. The lowest BCUT2D eigenvalue weighted by atomic mass is 9.92. The van der Waals surface area contributed by atoms with Crippen LogP contribution in [0.2, 0.25) is 5.02 Å². The van der Waals surface area contributed by atoms with Crippen molar-refractivity contribution in [1.29, 1.82) is 0 Å². The van der Waals surface area contributed by atoms with Crippen molar-refractivity contribution in [1.82, 2.24) is 34.6 Å². The number of aromatic nitrogens is 5. The lowest BCUT2D eigenvalue weighted by Gasteiger charge is -2.32. The summed E-state index contributed by atoms with van der Waals surface area (Å²) in [6.07, 6.45) is 5.41. The van der Waals surface area contributed by atoms with Gasteiger partial charge in [0.25, 0.3) is 0 Å². The highest BCUT2D eigenvalue weighted by molar-refractivity contribution is 7.89. The van der Waals surface area contributed by atoms with Gasteiger partial charge in [-0.05, 0) is 18.2 Å². The molecule has 0 spiro atoms. The van der Waals surface area contributed by atoms with Gasteiger partial charge in [-0.25, -0.2) is 27.2 Å². The number of aromatic amines is 1. The second kappa shape index (κ2) is 9.89. The Labute approximate surface area is 228 Å². The maximum Gasteiger partial charge on any atom is 0.333 e. The van der Waals surface area contributed by atoms with Crippen LogP contribution in [0.25, 0.3) is 5.57 Å². The molecule has 0 amide bonds. The summed E-state index contributed by atoms with van der Waals surface area (Å²) in [5.74, 6) is -0.0940. The molecule has 3 aromatic heterocycles. The van der Waals surface area contributed by atoms with Crippen molar-refractivity contribution < 1.29 is 21.6 Å². The molecule has 0 aliphatic carbocycles. The minimum atomic E-state index is -3.91. The van der Waals surface area contributed by atoms with Gasteiger partial charge in [0.15, 0.2) is 10.8 Å². The molecule has 1 saturated heterocycles. The molecule has 6 rings (SSSR count). The fourth-order valence-corrected chi connectivity index (χ4v) is 6.75. The number of halogens is 4. The number of H-pyrrole nitrogens is 1. The van der Waals surface area contributed by atoms with Crippen LogP contribution in [0.4, 0.5) is 13.2 Å². The van der Waals surface area contributed by atoms with Crippen LogP contribution in [0.3, 0.4) is 0 Å². The van der Waals surface area contributed by atoms with Gasteiger partial charge in [-0.15, -0.1) is 11.3 Å².